The molecule has 4 aliphatic rings. The van der Waals surface area contributed by atoms with Crippen LogP contribution < -0.4 is 9.80 Å². The van der Waals surface area contributed by atoms with Crippen LogP contribution in [-0.4, -0.2) is 26.2 Å². The molecule has 0 radical (unpaired) electrons. The van der Waals surface area contributed by atoms with Gasteiger partial charge in [-0.15, -0.1) is 0 Å². The molecule has 0 atom stereocenters. The van der Waals surface area contributed by atoms with Crippen molar-refractivity contribution in [2.75, 3.05) is 36.0 Å². The summed E-state index contributed by atoms with van der Waals surface area (Å²) < 4.78 is 0. The van der Waals surface area contributed by atoms with E-state index in [1.54, 1.807) is 0 Å². The molecule has 0 unspecified atom stereocenters. The van der Waals surface area contributed by atoms with E-state index in [1.165, 1.54) is 129 Å². The van der Waals surface area contributed by atoms with Gasteiger partial charge in [0, 0.05) is 48.4 Å². The minimum atomic E-state index is -0.0714. The van der Waals surface area contributed by atoms with Gasteiger partial charge in [0.15, 0.2) is 0 Å². The molecular formula is C44H48N2. The second-order valence-electron chi connectivity index (χ2n) is 16.4. The van der Waals surface area contributed by atoms with Crippen LogP contribution in [0.25, 0.3) is 43.8 Å². The summed E-state index contributed by atoms with van der Waals surface area (Å²) in [5.41, 5.74) is 14.4. The van der Waals surface area contributed by atoms with Gasteiger partial charge in [0.1, 0.15) is 0 Å². The normalized spacial score (nSPS) is 20.2. The number of hydrogen-bond donors (Lipinski definition) is 0. The Bertz CT molecular complexity index is 1900. The Kier molecular flexibility index (Phi) is 6.10. The van der Waals surface area contributed by atoms with Gasteiger partial charge in [-0.3, -0.25) is 0 Å². The quantitative estimate of drug-likeness (QED) is 0.198. The summed E-state index contributed by atoms with van der Waals surface area (Å²) in [5.74, 6) is 1.69. The zero-order valence-electron chi connectivity index (χ0n) is 28.6. The van der Waals surface area contributed by atoms with Crippen LogP contribution >= 0.6 is 0 Å². The Morgan fingerprint density at radius 1 is 0.457 bits per heavy atom. The molecule has 2 saturated heterocycles. The number of anilines is 2. The van der Waals surface area contributed by atoms with Crippen LogP contribution in [0.2, 0.25) is 0 Å². The highest BCUT2D eigenvalue weighted by Crippen LogP contribution is 2.59. The maximum absolute atomic E-state index is 2.60. The summed E-state index contributed by atoms with van der Waals surface area (Å²) in [7, 11) is 0. The lowest BCUT2D eigenvalue weighted by molar-refractivity contribution is 0.438. The Morgan fingerprint density at radius 3 is 1.24 bits per heavy atom. The fourth-order valence-corrected chi connectivity index (χ4v) is 9.60. The monoisotopic (exact) mass is 604 g/mol. The molecule has 2 heteroatoms. The fraction of sp³-hybridized carbons (Fsp3) is 0.409. The first-order valence-electron chi connectivity index (χ1n) is 17.9. The van der Waals surface area contributed by atoms with E-state index < -0.39 is 0 Å². The molecule has 5 aromatic rings. The molecule has 0 bridgehead atoms. The third-order valence-corrected chi connectivity index (χ3v) is 12.6. The van der Waals surface area contributed by atoms with Crippen molar-refractivity contribution in [2.45, 2.75) is 78.1 Å². The zero-order valence-corrected chi connectivity index (χ0v) is 28.6. The lowest BCUT2D eigenvalue weighted by Crippen LogP contribution is -2.32. The van der Waals surface area contributed by atoms with E-state index in [0.717, 1.165) is 11.8 Å². The Balaban J connectivity index is 1.14. The topological polar surface area (TPSA) is 6.48 Å². The first kappa shape index (κ1) is 28.4. The summed E-state index contributed by atoms with van der Waals surface area (Å²) in [6, 6.07) is 29.3. The molecule has 2 aliphatic heterocycles. The molecule has 0 N–H and O–H groups in total. The van der Waals surface area contributed by atoms with E-state index in [0.29, 0.717) is 0 Å². The molecule has 0 spiro atoms. The van der Waals surface area contributed by atoms with Crippen molar-refractivity contribution in [2.24, 2.45) is 11.8 Å². The molecule has 5 aromatic carbocycles. The zero-order chi connectivity index (χ0) is 31.5. The maximum Gasteiger partial charge on any atom is 0.0372 e. The van der Waals surface area contributed by atoms with Gasteiger partial charge >= 0.3 is 0 Å². The third kappa shape index (κ3) is 4.07. The average molecular weight is 605 g/mol. The summed E-state index contributed by atoms with van der Waals surface area (Å²) in [4.78, 5) is 5.19. The summed E-state index contributed by atoms with van der Waals surface area (Å²) in [6.07, 6.45) is 5.18. The van der Waals surface area contributed by atoms with Crippen molar-refractivity contribution < 1.29 is 0 Å². The smallest absolute Gasteiger partial charge is 0.0372 e. The molecule has 46 heavy (non-hydrogen) atoms. The number of piperidine rings is 2. The van der Waals surface area contributed by atoms with Crippen molar-refractivity contribution >= 4 is 32.9 Å². The largest absolute Gasteiger partial charge is 0.371 e. The van der Waals surface area contributed by atoms with Gasteiger partial charge in [-0.2, -0.15) is 0 Å². The molecule has 2 aliphatic carbocycles. The number of nitrogens with zero attached hydrogens (tertiary/aromatic N) is 2. The van der Waals surface area contributed by atoms with Crippen LogP contribution in [-0.2, 0) is 10.8 Å². The molecule has 0 aromatic heterocycles. The van der Waals surface area contributed by atoms with Gasteiger partial charge in [-0.25, -0.2) is 0 Å². The second kappa shape index (κ2) is 9.86. The summed E-state index contributed by atoms with van der Waals surface area (Å²) >= 11 is 0. The van der Waals surface area contributed by atoms with Crippen molar-refractivity contribution in [1.82, 2.24) is 0 Å². The second-order valence-corrected chi connectivity index (χ2v) is 16.4. The summed E-state index contributed by atoms with van der Waals surface area (Å²) in [5, 5.41) is 5.45. The molecule has 0 amide bonds. The van der Waals surface area contributed by atoms with Crippen LogP contribution in [0.1, 0.15) is 89.5 Å². The number of benzene rings is 5. The van der Waals surface area contributed by atoms with Crippen LogP contribution in [0.15, 0.2) is 72.8 Å². The van der Waals surface area contributed by atoms with Gasteiger partial charge in [-0.05, 0) is 152 Å². The first-order valence-corrected chi connectivity index (χ1v) is 17.9. The van der Waals surface area contributed by atoms with Crippen LogP contribution in [0.4, 0.5) is 11.4 Å². The Morgan fingerprint density at radius 2 is 0.848 bits per heavy atom. The standard InChI is InChI=1S/C44H48N2/c1-27-13-17-45(18-14-27)33-9-7-29-23-37-35-11-12-36-38-24-30-8-10-34(46-19-15-28(2)16-20-46)22-32(30)26-40(38)44(5,6)42(36)41(35)43(3,4)39(37)25-31(29)21-33/h7-12,21-28H,13-20H2,1-6H3. The minimum Gasteiger partial charge on any atom is -0.371 e. The van der Waals surface area contributed by atoms with Crippen molar-refractivity contribution in [1.29, 1.82) is 0 Å². The lowest BCUT2D eigenvalue weighted by atomic mass is 9.72. The Labute approximate surface area is 275 Å². The first-order chi connectivity index (χ1) is 22.1. The minimum absolute atomic E-state index is 0.0714. The fourth-order valence-electron chi connectivity index (χ4n) is 9.60. The highest BCUT2D eigenvalue weighted by atomic mass is 15.1. The maximum atomic E-state index is 2.60. The molecular weight excluding hydrogens is 556 g/mol. The Hall–Kier alpha value is -3.78. The highest BCUT2D eigenvalue weighted by Gasteiger charge is 2.46. The molecule has 2 nitrogen and oxygen atoms in total. The van der Waals surface area contributed by atoms with E-state index in [2.05, 4.69) is 124 Å². The van der Waals surface area contributed by atoms with Gasteiger partial charge in [-0.1, -0.05) is 65.8 Å². The van der Waals surface area contributed by atoms with Crippen LogP contribution in [0.3, 0.4) is 0 Å². The highest BCUT2D eigenvalue weighted by molar-refractivity contribution is 6.00. The SMILES string of the molecule is CC1CCN(c2ccc3cc4c(cc3c2)C(C)(C)c2c-4ccc3c2C(C)(C)c2cc4cc(N5CCC(C)CC5)ccc4cc2-3)CC1. The number of hydrogen-bond acceptors (Lipinski definition) is 2. The van der Waals surface area contributed by atoms with Crippen molar-refractivity contribution in [3.63, 3.8) is 0 Å². The van der Waals surface area contributed by atoms with Gasteiger partial charge in [0.05, 0.1) is 0 Å². The predicted octanol–water partition coefficient (Wildman–Crippen LogP) is 11.1. The summed E-state index contributed by atoms with van der Waals surface area (Å²) in [6.45, 7) is 19.4. The van der Waals surface area contributed by atoms with E-state index in [1.807, 2.05) is 0 Å². The van der Waals surface area contributed by atoms with Crippen molar-refractivity contribution in [3.05, 3.63) is 95.1 Å². The van der Waals surface area contributed by atoms with Crippen LogP contribution in [0.5, 0.6) is 0 Å². The molecule has 9 rings (SSSR count). The number of rotatable bonds is 2. The predicted molar refractivity (Wildman–Crippen MR) is 198 cm³/mol. The van der Waals surface area contributed by atoms with Gasteiger partial charge in [0.2, 0.25) is 0 Å². The number of fused-ring (bicyclic) bond motifs is 9. The lowest BCUT2D eigenvalue weighted by Gasteiger charge is -2.32. The molecule has 0 saturated carbocycles. The molecule has 2 fully saturated rings. The average Bonchev–Trinajstić information content (AvgIpc) is 3.41. The van der Waals surface area contributed by atoms with E-state index in [-0.39, 0.29) is 10.8 Å². The van der Waals surface area contributed by atoms with Gasteiger partial charge in [0.25, 0.3) is 0 Å². The molecule has 234 valence electrons. The van der Waals surface area contributed by atoms with Crippen molar-refractivity contribution in [3.8, 4) is 22.3 Å². The third-order valence-electron chi connectivity index (χ3n) is 12.6. The van der Waals surface area contributed by atoms with E-state index in [4.69, 9.17) is 0 Å². The molecule has 2 heterocycles. The van der Waals surface area contributed by atoms with Gasteiger partial charge < -0.3 is 9.80 Å². The van der Waals surface area contributed by atoms with Crippen LogP contribution in [0, 0.1) is 11.8 Å². The van der Waals surface area contributed by atoms with E-state index >= 15 is 0 Å². The van der Waals surface area contributed by atoms with E-state index in [9.17, 15) is 0 Å².